The minimum atomic E-state index is -0.00492. The molecule has 0 saturated heterocycles. The first kappa shape index (κ1) is 19.8. The predicted octanol–water partition coefficient (Wildman–Crippen LogP) is 5.09. The van der Waals surface area contributed by atoms with Crippen LogP contribution in [0.5, 0.6) is 11.5 Å². The first-order valence-corrected chi connectivity index (χ1v) is 9.00. The molecule has 0 fully saturated rings. The van der Waals surface area contributed by atoms with Gasteiger partial charge in [0.25, 0.3) is 0 Å². The topological polar surface area (TPSA) is 38.7 Å². The Morgan fingerprint density at radius 1 is 0.913 bits per heavy atom. The number of unbranched alkanes of at least 4 members (excludes halogenated alkanes) is 5. The minimum Gasteiger partial charge on any atom is -0.493 e. The highest BCUT2D eigenvalue weighted by molar-refractivity contribution is 5.44. The van der Waals surface area contributed by atoms with Gasteiger partial charge in [0, 0.05) is 5.56 Å². The van der Waals surface area contributed by atoms with E-state index < -0.39 is 0 Å². The highest BCUT2D eigenvalue weighted by Crippen LogP contribution is 2.34. The lowest BCUT2D eigenvalue weighted by Gasteiger charge is -2.23. The van der Waals surface area contributed by atoms with Gasteiger partial charge in [-0.05, 0) is 30.0 Å². The fourth-order valence-electron chi connectivity index (χ4n) is 2.54. The standard InChI is InChI=1S/C20H34O3/c1-5-6-7-8-9-10-14-23-19-12-11-17(22-15-13-21)16-18(19)20(2,3)4/h11-12,16,21H,5-10,13-15H2,1-4H3. The highest BCUT2D eigenvalue weighted by Gasteiger charge is 2.20. The van der Waals surface area contributed by atoms with E-state index in [1.807, 2.05) is 18.2 Å². The number of benzene rings is 1. The molecule has 0 radical (unpaired) electrons. The molecule has 1 aromatic rings. The summed E-state index contributed by atoms with van der Waals surface area (Å²) in [4.78, 5) is 0. The van der Waals surface area contributed by atoms with Crippen LogP contribution in [0.1, 0.15) is 71.8 Å². The van der Waals surface area contributed by atoms with Crippen molar-refractivity contribution in [3.05, 3.63) is 23.8 Å². The molecular formula is C20H34O3. The van der Waals surface area contributed by atoms with E-state index in [-0.39, 0.29) is 12.0 Å². The molecule has 1 aromatic carbocycles. The molecule has 0 aliphatic rings. The molecule has 3 nitrogen and oxygen atoms in total. The third-order valence-corrected chi connectivity index (χ3v) is 3.87. The van der Waals surface area contributed by atoms with Gasteiger partial charge in [0.05, 0.1) is 13.2 Å². The number of hydrogen-bond donors (Lipinski definition) is 1. The molecule has 0 heterocycles. The fourth-order valence-corrected chi connectivity index (χ4v) is 2.54. The van der Waals surface area contributed by atoms with Crippen LogP contribution in [0.3, 0.4) is 0 Å². The second-order valence-electron chi connectivity index (χ2n) is 7.10. The summed E-state index contributed by atoms with van der Waals surface area (Å²) in [5.74, 6) is 1.73. The highest BCUT2D eigenvalue weighted by atomic mass is 16.5. The maximum absolute atomic E-state index is 8.88. The smallest absolute Gasteiger partial charge is 0.123 e. The van der Waals surface area contributed by atoms with Crippen molar-refractivity contribution >= 4 is 0 Å². The lowest BCUT2D eigenvalue weighted by Crippen LogP contribution is -2.14. The Morgan fingerprint density at radius 2 is 1.61 bits per heavy atom. The van der Waals surface area contributed by atoms with Crippen LogP contribution in [-0.2, 0) is 5.41 Å². The Balaban J connectivity index is 2.56. The molecule has 0 amide bonds. The average molecular weight is 322 g/mol. The molecule has 0 aromatic heterocycles. The first-order chi connectivity index (χ1) is 11.0. The molecular weight excluding hydrogens is 288 g/mol. The van der Waals surface area contributed by atoms with Crippen LogP contribution < -0.4 is 9.47 Å². The zero-order valence-electron chi connectivity index (χ0n) is 15.4. The van der Waals surface area contributed by atoms with E-state index in [1.54, 1.807) is 0 Å². The van der Waals surface area contributed by atoms with Crippen LogP contribution in [-0.4, -0.2) is 24.9 Å². The quantitative estimate of drug-likeness (QED) is 0.576. The normalized spacial score (nSPS) is 11.5. The van der Waals surface area contributed by atoms with Crippen molar-refractivity contribution in [2.45, 2.75) is 71.6 Å². The number of rotatable bonds is 11. The van der Waals surface area contributed by atoms with E-state index in [0.29, 0.717) is 6.61 Å². The van der Waals surface area contributed by atoms with Crippen molar-refractivity contribution in [2.24, 2.45) is 0 Å². The van der Waals surface area contributed by atoms with Crippen LogP contribution in [0, 0.1) is 0 Å². The van der Waals surface area contributed by atoms with Crippen molar-refractivity contribution in [1.29, 1.82) is 0 Å². The summed E-state index contributed by atoms with van der Waals surface area (Å²) in [5.41, 5.74) is 1.15. The van der Waals surface area contributed by atoms with E-state index in [2.05, 4.69) is 27.7 Å². The molecule has 0 aliphatic heterocycles. The van der Waals surface area contributed by atoms with Crippen LogP contribution in [0.4, 0.5) is 0 Å². The van der Waals surface area contributed by atoms with Gasteiger partial charge in [0.1, 0.15) is 18.1 Å². The molecule has 132 valence electrons. The van der Waals surface area contributed by atoms with Crippen LogP contribution in [0.25, 0.3) is 0 Å². The Bertz CT molecular complexity index is 435. The van der Waals surface area contributed by atoms with Gasteiger partial charge in [-0.15, -0.1) is 0 Å². The molecule has 23 heavy (non-hydrogen) atoms. The molecule has 0 aliphatic carbocycles. The fraction of sp³-hybridized carbons (Fsp3) is 0.700. The molecule has 1 N–H and O–H groups in total. The Labute approximate surface area is 142 Å². The third-order valence-electron chi connectivity index (χ3n) is 3.87. The summed E-state index contributed by atoms with van der Waals surface area (Å²) in [7, 11) is 0. The van der Waals surface area contributed by atoms with Gasteiger partial charge >= 0.3 is 0 Å². The maximum Gasteiger partial charge on any atom is 0.123 e. The Kier molecular flexibility index (Phi) is 9.08. The number of aliphatic hydroxyl groups excluding tert-OH is 1. The number of hydrogen-bond acceptors (Lipinski definition) is 3. The zero-order valence-corrected chi connectivity index (χ0v) is 15.4. The van der Waals surface area contributed by atoms with E-state index in [9.17, 15) is 0 Å². The van der Waals surface area contributed by atoms with Gasteiger partial charge in [-0.1, -0.05) is 59.8 Å². The zero-order chi connectivity index (χ0) is 17.1. The second kappa shape index (κ2) is 10.5. The van der Waals surface area contributed by atoms with Crippen molar-refractivity contribution in [3.63, 3.8) is 0 Å². The second-order valence-corrected chi connectivity index (χ2v) is 7.10. The molecule has 0 spiro atoms. The van der Waals surface area contributed by atoms with Gasteiger partial charge in [-0.3, -0.25) is 0 Å². The van der Waals surface area contributed by atoms with E-state index in [0.717, 1.165) is 30.1 Å². The first-order valence-electron chi connectivity index (χ1n) is 9.00. The lowest BCUT2D eigenvalue weighted by molar-refractivity contribution is 0.201. The van der Waals surface area contributed by atoms with E-state index >= 15 is 0 Å². The maximum atomic E-state index is 8.88. The largest absolute Gasteiger partial charge is 0.493 e. The van der Waals surface area contributed by atoms with E-state index in [1.165, 1.54) is 32.1 Å². The van der Waals surface area contributed by atoms with Gasteiger partial charge in [-0.2, -0.15) is 0 Å². The molecule has 1 rings (SSSR count). The summed E-state index contributed by atoms with van der Waals surface area (Å²) in [6, 6.07) is 5.94. The third kappa shape index (κ3) is 7.74. The SMILES string of the molecule is CCCCCCCCOc1ccc(OCCO)cc1C(C)(C)C. The molecule has 3 heteroatoms. The summed E-state index contributed by atoms with van der Waals surface area (Å²) in [6.07, 6.45) is 7.61. The van der Waals surface area contributed by atoms with Gasteiger partial charge in [0.2, 0.25) is 0 Å². The van der Waals surface area contributed by atoms with Gasteiger partial charge in [-0.25, -0.2) is 0 Å². The summed E-state index contributed by atoms with van der Waals surface area (Å²) < 4.78 is 11.5. The van der Waals surface area contributed by atoms with Crippen molar-refractivity contribution in [1.82, 2.24) is 0 Å². The van der Waals surface area contributed by atoms with E-state index in [4.69, 9.17) is 14.6 Å². The minimum absolute atomic E-state index is 0.00492. The summed E-state index contributed by atoms with van der Waals surface area (Å²) in [5, 5.41) is 8.88. The van der Waals surface area contributed by atoms with Crippen molar-refractivity contribution in [2.75, 3.05) is 19.8 Å². The predicted molar refractivity (Wildman–Crippen MR) is 96.6 cm³/mol. The number of ether oxygens (including phenoxy) is 2. The van der Waals surface area contributed by atoms with Crippen LogP contribution in [0.15, 0.2) is 18.2 Å². The monoisotopic (exact) mass is 322 g/mol. The van der Waals surface area contributed by atoms with Crippen molar-refractivity contribution in [3.8, 4) is 11.5 Å². The molecule has 0 bridgehead atoms. The number of aliphatic hydroxyl groups is 1. The Hall–Kier alpha value is -1.22. The van der Waals surface area contributed by atoms with Gasteiger partial charge in [0.15, 0.2) is 0 Å². The Morgan fingerprint density at radius 3 is 2.26 bits per heavy atom. The summed E-state index contributed by atoms with van der Waals surface area (Å²) >= 11 is 0. The molecule has 0 atom stereocenters. The van der Waals surface area contributed by atoms with Crippen molar-refractivity contribution < 1.29 is 14.6 Å². The van der Waals surface area contributed by atoms with Gasteiger partial charge < -0.3 is 14.6 Å². The molecule has 0 unspecified atom stereocenters. The molecule has 0 saturated carbocycles. The van der Waals surface area contributed by atoms with Crippen LogP contribution in [0.2, 0.25) is 0 Å². The average Bonchev–Trinajstić information content (AvgIpc) is 2.51. The summed E-state index contributed by atoms with van der Waals surface area (Å²) in [6.45, 7) is 9.89. The van der Waals surface area contributed by atoms with Crippen LogP contribution >= 0.6 is 0 Å². The lowest BCUT2D eigenvalue weighted by atomic mass is 9.86.